The predicted molar refractivity (Wildman–Crippen MR) is 217 cm³/mol. The van der Waals surface area contributed by atoms with Crippen LogP contribution in [0.15, 0.2) is 67.0 Å². The van der Waals surface area contributed by atoms with Gasteiger partial charge in [-0.25, -0.2) is 4.98 Å². The predicted octanol–water partition coefficient (Wildman–Crippen LogP) is 7.04. The first kappa shape index (κ1) is 37.2. The Kier molecular flexibility index (Phi) is 10.1. The topological polar surface area (TPSA) is 116 Å². The van der Waals surface area contributed by atoms with Gasteiger partial charge in [0.2, 0.25) is 11.8 Å². The molecule has 6 heterocycles. The maximum atomic E-state index is 14.9. The minimum atomic E-state index is -0.414. The first-order chi connectivity index (χ1) is 27.2. The van der Waals surface area contributed by atoms with Gasteiger partial charge in [0, 0.05) is 95.4 Å². The number of amides is 3. The molecule has 0 saturated carbocycles. The molecule has 3 atom stereocenters. The monoisotopic (exact) mass is 813 g/mol. The van der Waals surface area contributed by atoms with Gasteiger partial charge >= 0.3 is 0 Å². The van der Waals surface area contributed by atoms with Crippen LogP contribution in [-0.4, -0.2) is 112 Å². The van der Waals surface area contributed by atoms with Crippen LogP contribution >= 0.6 is 34.8 Å². The highest BCUT2D eigenvalue weighted by molar-refractivity contribution is 6.35. The molecule has 11 nitrogen and oxygen atoms in total. The van der Waals surface area contributed by atoms with E-state index in [1.807, 2.05) is 54.6 Å². The van der Waals surface area contributed by atoms with Gasteiger partial charge in [0.25, 0.3) is 5.91 Å². The summed E-state index contributed by atoms with van der Waals surface area (Å²) in [6, 6.07) is 18.5. The van der Waals surface area contributed by atoms with Crippen LogP contribution in [0, 0.1) is 0 Å². The molecule has 4 aliphatic heterocycles. The summed E-state index contributed by atoms with van der Waals surface area (Å²) in [7, 11) is 1.51. The number of carbonyl (C=O) groups is 3. The number of nitrogens with one attached hydrogen (secondary N) is 2. The molecule has 0 spiro atoms. The van der Waals surface area contributed by atoms with Gasteiger partial charge < -0.3 is 29.4 Å². The summed E-state index contributed by atoms with van der Waals surface area (Å²) in [5, 5.41) is 5.76. The standard InChI is InChI=1S/C42H42Cl3N7O4/c1-56-22-35(54)50-20-32(33(21-50)49-15-12-27(13-16-49)51-14-6-5-9-34(51)53)48-42(55)39-37-36-29(17-26(44)19-31(36)47-39)40(28-11-10-25(43)18-30(28)45)52-23-46-38(41(37)52)24-7-3-2-4-8-24/h2-4,7-8,10-11,17-19,23,27,32-33,40,47H,5-6,9,12-16,20-22H2,1H3,(H,48,55). The largest absolute Gasteiger partial charge is 0.375 e. The van der Waals surface area contributed by atoms with E-state index in [2.05, 4.69) is 24.7 Å². The van der Waals surface area contributed by atoms with E-state index in [-0.39, 0.29) is 42.5 Å². The number of H-pyrrole nitrogens is 1. The second kappa shape index (κ2) is 15.2. The van der Waals surface area contributed by atoms with Crippen LogP contribution < -0.4 is 5.32 Å². The number of imidazole rings is 1. The van der Waals surface area contributed by atoms with E-state index in [0.717, 1.165) is 84.3 Å². The van der Waals surface area contributed by atoms with Crippen LogP contribution in [0.1, 0.15) is 59.8 Å². The quantitative estimate of drug-likeness (QED) is 0.170. The van der Waals surface area contributed by atoms with Crippen molar-refractivity contribution >= 4 is 63.4 Å². The number of ether oxygens (including phenoxy) is 1. The van der Waals surface area contributed by atoms with Gasteiger partial charge in [-0.05, 0) is 61.1 Å². The van der Waals surface area contributed by atoms with Crippen molar-refractivity contribution in [2.75, 3.05) is 46.4 Å². The average Bonchev–Trinajstić information content (AvgIpc) is 3.92. The van der Waals surface area contributed by atoms with Crippen molar-refractivity contribution in [1.82, 2.24) is 34.6 Å². The molecule has 56 heavy (non-hydrogen) atoms. The van der Waals surface area contributed by atoms with Crippen molar-refractivity contribution in [3.05, 3.63) is 98.9 Å². The number of halogens is 3. The van der Waals surface area contributed by atoms with Gasteiger partial charge in [0.15, 0.2) is 0 Å². The van der Waals surface area contributed by atoms with E-state index in [9.17, 15) is 14.4 Å². The van der Waals surface area contributed by atoms with Crippen LogP contribution in [0.5, 0.6) is 0 Å². The molecule has 2 N–H and O–H groups in total. The van der Waals surface area contributed by atoms with Crippen molar-refractivity contribution in [1.29, 1.82) is 0 Å². The molecule has 3 amide bonds. The number of likely N-dealkylation sites (tertiary alicyclic amines) is 3. The van der Waals surface area contributed by atoms with Gasteiger partial charge in [-0.2, -0.15) is 0 Å². The number of rotatable bonds is 8. The van der Waals surface area contributed by atoms with Gasteiger partial charge in [-0.3, -0.25) is 19.3 Å². The molecule has 3 unspecified atom stereocenters. The lowest BCUT2D eigenvalue weighted by atomic mass is 9.87. The lowest BCUT2D eigenvalue weighted by molar-refractivity contribution is -0.137. The van der Waals surface area contributed by atoms with Crippen molar-refractivity contribution in [2.24, 2.45) is 0 Å². The van der Waals surface area contributed by atoms with Crippen LogP contribution in [0.4, 0.5) is 0 Å². The van der Waals surface area contributed by atoms with Gasteiger partial charge in [0.05, 0.1) is 29.8 Å². The molecular weight excluding hydrogens is 773 g/mol. The molecule has 0 aliphatic carbocycles. The molecule has 4 aliphatic rings. The molecule has 0 radical (unpaired) electrons. The zero-order valence-electron chi connectivity index (χ0n) is 30.9. The number of carbonyl (C=O) groups excluding carboxylic acids is 3. The number of piperidine rings is 2. The SMILES string of the molecule is COCC(=O)N1CC(NC(=O)c2[nH]c3cc(Cl)cc4c3c2-c2c(-c3ccccc3)ncn2C4c2ccc(Cl)cc2Cl)C(N2CCC(N3CCCCC3=O)CC2)C1. The van der Waals surface area contributed by atoms with Crippen molar-refractivity contribution in [3.8, 4) is 22.5 Å². The minimum absolute atomic E-state index is 0.0344. The van der Waals surface area contributed by atoms with Gasteiger partial charge in [-0.1, -0.05) is 71.2 Å². The summed E-state index contributed by atoms with van der Waals surface area (Å²) in [6.45, 7) is 3.14. The highest BCUT2D eigenvalue weighted by Gasteiger charge is 2.43. The second-order valence-electron chi connectivity index (χ2n) is 15.3. The van der Waals surface area contributed by atoms with Gasteiger partial charge in [0.1, 0.15) is 12.3 Å². The van der Waals surface area contributed by atoms with Crippen molar-refractivity contribution < 1.29 is 19.1 Å². The third kappa shape index (κ3) is 6.57. The van der Waals surface area contributed by atoms with E-state index in [0.29, 0.717) is 45.8 Å². The molecule has 9 rings (SSSR count). The van der Waals surface area contributed by atoms with Crippen LogP contribution in [0.25, 0.3) is 33.4 Å². The summed E-state index contributed by atoms with van der Waals surface area (Å²) >= 11 is 20.1. The lowest BCUT2D eigenvalue weighted by Crippen LogP contribution is -2.56. The average molecular weight is 815 g/mol. The molecule has 3 saturated heterocycles. The molecule has 5 aromatic rings. The fraction of sp³-hybridized carbons (Fsp3) is 0.381. The highest BCUT2D eigenvalue weighted by atomic mass is 35.5. The Balaban J connectivity index is 1.10. The molecule has 290 valence electrons. The van der Waals surface area contributed by atoms with E-state index >= 15 is 0 Å². The van der Waals surface area contributed by atoms with Crippen LogP contribution in [-0.2, 0) is 14.3 Å². The summed E-state index contributed by atoms with van der Waals surface area (Å²) in [4.78, 5) is 55.5. The number of methoxy groups -OCH3 is 1. The number of hydrogen-bond acceptors (Lipinski definition) is 6. The number of aromatic amines is 1. The molecule has 14 heteroatoms. The summed E-state index contributed by atoms with van der Waals surface area (Å²) in [6.07, 6.45) is 6.14. The number of fused-ring (bicyclic) bond motifs is 2. The Hall–Kier alpha value is -4.39. The first-order valence-electron chi connectivity index (χ1n) is 19.2. The van der Waals surface area contributed by atoms with Crippen LogP contribution in [0.3, 0.4) is 0 Å². The highest BCUT2D eigenvalue weighted by Crippen LogP contribution is 2.50. The Morgan fingerprint density at radius 3 is 2.50 bits per heavy atom. The fourth-order valence-corrected chi connectivity index (χ4v) is 10.2. The van der Waals surface area contributed by atoms with Crippen molar-refractivity contribution in [3.63, 3.8) is 0 Å². The summed E-state index contributed by atoms with van der Waals surface area (Å²) in [5.41, 5.74) is 5.90. The lowest BCUT2D eigenvalue weighted by Gasteiger charge is -2.42. The normalized spacial score (nSPS) is 21.5. The van der Waals surface area contributed by atoms with Crippen molar-refractivity contribution in [2.45, 2.75) is 56.3 Å². The first-order valence-corrected chi connectivity index (χ1v) is 20.4. The zero-order valence-corrected chi connectivity index (χ0v) is 33.2. The molecule has 2 aromatic heterocycles. The minimum Gasteiger partial charge on any atom is -0.375 e. The van der Waals surface area contributed by atoms with E-state index in [1.165, 1.54) is 7.11 Å². The smallest absolute Gasteiger partial charge is 0.268 e. The fourth-order valence-electron chi connectivity index (χ4n) is 9.45. The number of nitrogens with zero attached hydrogens (tertiary/aromatic N) is 5. The Morgan fingerprint density at radius 1 is 0.946 bits per heavy atom. The third-order valence-corrected chi connectivity index (χ3v) is 12.8. The Labute approximate surface area is 339 Å². The molecule has 3 aromatic carbocycles. The number of benzene rings is 3. The maximum absolute atomic E-state index is 14.9. The summed E-state index contributed by atoms with van der Waals surface area (Å²) < 4.78 is 7.29. The van der Waals surface area contributed by atoms with Crippen LogP contribution in [0.2, 0.25) is 15.1 Å². The molecule has 3 fully saturated rings. The maximum Gasteiger partial charge on any atom is 0.268 e. The number of hydrogen-bond donors (Lipinski definition) is 2. The second-order valence-corrected chi connectivity index (χ2v) is 16.5. The third-order valence-electron chi connectivity index (χ3n) is 12.0. The summed E-state index contributed by atoms with van der Waals surface area (Å²) in [5.74, 6) is -0.160. The van der Waals surface area contributed by atoms with E-state index < -0.39 is 6.04 Å². The Bertz CT molecular complexity index is 2340. The van der Waals surface area contributed by atoms with E-state index in [1.54, 1.807) is 17.3 Å². The Morgan fingerprint density at radius 2 is 1.75 bits per heavy atom. The van der Waals surface area contributed by atoms with E-state index in [4.69, 9.17) is 44.5 Å². The number of aromatic nitrogens is 3. The zero-order chi connectivity index (χ0) is 38.7. The van der Waals surface area contributed by atoms with Gasteiger partial charge in [-0.15, -0.1) is 0 Å². The molecule has 0 bridgehead atoms. The molecular formula is C42H42Cl3N7O4.